The summed E-state index contributed by atoms with van der Waals surface area (Å²) in [6.07, 6.45) is 7.01. The number of para-hydroxylation sites is 2. The lowest BCUT2D eigenvalue weighted by Crippen LogP contribution is -2.39. The topological polar surface area (TPSA) is 56.5 Å². The van der Waals surface area contributed by atoms with Gasteiger partial charge in [-0.15, -0.1) is 0 Å². The quantitative estimate of drug-likeness (QED) is 0.525. The van der Waals surface area contributed by atoms with Gasteiger partial charge in [-0.2, -0.15) is 0 Å². The van der Waals surface area contributed by atoms with Crippen molar-refractivity contribution >= 4 is 17.0 Å². The van der Waals surface area contributed by atoms with Gasteiger partial charge in [-0.05, 0) is 80.2 Å². The highest BCUT2D eigenvalue weighted by atomic mass is 16.5. The minimum Gasteiger partial charge on any atom is -0.465 e. The first-order valence-corrected chi connectivity index (χ1v) is 12.9. The van der Waals surface area contributed by atoms with Crippen LogP contribution in [0.25, 0.3) is 11.0 Å². The summed E-state index contributed by atoms with van der Waals surface area (Å²) in [5.41, 5.74) is 6.41. The van der Waals surface area contributed by atoms with Crippen LogP contribution in [-0.2, 0) is 22.5 Å². The normalized spacial score (nSPS) is 22.7. The summed E-state index contributed by atoms with van der Waals surface area (Å²) in [7, 11) is 0. The molecule has 2 unspecified atom stereocenters. The number of nitrogens with zero attached hydrogens (tertiary/aromatic N) is 3. The van der Waals surface area contributed by atoms with Crippen molar-refractivity contribution in [2.75, 3.05) is 19.7 Å². The number of imidazole rings is 1. The predicted molar refractivity (Wildman–Crippen MR) is 132 cm³/mol. The molecule has 6 nitrogen and oxygen atoms in total. The van der Waals surface area contributed by atoms with Crippen LogP contribution >= 0.6 is 0 Å². The minimum absolute atomic E-state index is 0.0401. The number of aryl methyl sites for hydroxylation is 1. The van der Waals surface area contributed by atoms with Gasteiger partial charge >= 0.3 is 11.7 Å². The van der Waals surface area contributed by atoms with Crippen molar-refractivity contribution in [3.8, 4) is 0 Å². The Kier molecular flexibility index (Phi) is 5.56. The number of piperidine rings is 1. The first-order chi connectivity index (χ1) is 16.7. The van der Waals surface area contributed by atoms with E-state index in [-0.39, 0.29) is 24.2 Å². The molecule has 1 fully saturated rings. The summed E-state index contributed by atoms with van der Waals surface area (Å²) in [6, 6.07) is 15.4. The van der Waals surface area contributed by atoms with Gasteiger partial charge in [-0.25, -0.2) is 4.79 Å². The lowest BCUT2D eigenvalue weighted by molar-refractivity contribution is -0.143. The van der Waals surface area contributed by atoms with Crippen molar-refractivity contribution in [2.24, 2.45) is 0 Å². The Hall–Kier alpha value is -2.86. The Balaban J connectivity index is 1.24. The Morgan fingerprint density at radius 1 is 1.03 bits per heavy atom. The number of carbonyl (C=O) groups is 1. The second-order valence-corrected chi connectivity index (χ2v) is 10.1. The summed E-state index contributed by atoms with van der Waals surface area (Å²) in [6.45, 7) is 4.05. The van der Waals surface area contributed by atoms with Crippen LogP contribution in [-0.4, -0.2) is 39.7 Å². The second kappa shape index (κ2) is 8.73. The predicted octanol–water partition coefficient (Wildman–Crippen LogP) is 4.57. The maximum Gasteiger partial charge on any atom is 0.329 e. The zero-order valence-electron chi connectivity index (χ0n) is 19.9. The summed E-state index contributed by atoms with van der Waals surface area (Å²) < 4.78 is 8.63. The highest BCUT2D eigenvalue weighted by Crippen LogP contribution is 2.50. The van der Waals surface area contributed by atoms with E-state index in [1.165, 1.54) is 25.7 Å². The van der Waals surface area contributed by atoms with E-state index >= 15 is 0 Å². The average Bonchev–Trinajstić information content (AvgIpc) is 3.37. The van der Waals surface area contributed by atoms with Crippen molar-refractivity contribution in [3.05, 3.63) is 69.6 Å². The van der Waals surface area contributed by atoms with Crippen LogP contribution in [0, 0.1) is 0 Å². The van der Waals surface area contributed by atoms with Crippen molar-refractivity contribution < 1.29 is 9.53 Å². The van der Waals surface area contributed by atoms with E-state index < -0.39 is 0 Å². The molecule has 0 amide bonds. The van der Waals surface area contributed by atoms with E-state index in [1.807, 2.05) is 28.8 Å². The van der Waals surface area contributed by atoms with Crippen LogP contribution in [0.15, 0.2) is 47.3 Å². The standard InChI is InChI=1S/C28H33N3O3/c1-2-34-26(32)18-30-23-11-3-4-12-24(23)31(28(30)33)21-13-15-29(16-14-21)25-17-20-9-5-7-19-8-6-10-22(25)27(19)20/h3-4,6,8,10-12,20-21,25H,2,5,7,9,13-18H2,1H3. The van der Waals surface area contributed by atoms with Gasteiger partial charge in [0.15, 0.2) is 0 Å². The molecular weight excluding hydrogens is 426 g/mol. The maximum absolute atomic E-state index is 13.5. The van der Waals surface area contributed by atoms with E-state index in [1.54, 1.807) is 28.2 Å². The van der Waals surface area contributed by atoms with Crippen molar-refractivity contribution in [1.29, 1.82) is 0 Å². The first kappa shape index (κ1) is 21.7. The Morgan fingerprint density at radius 3 is 2.62 bits per heavy atom. The number of rotatable bonds is 5. The SMILES string of the molecule is CCOC(=O)Cn1c(=O)n(C2CCN(C3CC4CCCc5cccc3c54)CC2)c2ccccc21. The van der Waals surface area contributed by atoms with Crippen LogP contribution < -0.4 is 5.69 Å². The molecule has 1 aliphatic heterocycles. The molecule has 34 heavy (non-hydrogen) atoms. The zero-order chi connectivity index (χ0) is 23.2. The smallest absolute Gasteiger partial charge is 0.329 e. The average molecular weight is 460 g/mol. The molecular formula is C28H33N3O3. The molecule has 6 rings (SSSR count). The molecule has 3 aliphatic rings. The van der Waals surface area contributed by atoms with Gasteiger partial charge in [-0.1, -0.05) is 30.3 Å². The van der Waals surface area contributed by atoms with Crippen LogP contribution in [0.5, 0.6) is 0 Å². The molecule has 2 aromatic carbocycles. The highest BCUT2D eigenvalue weighted by Gasteiger charge is 2.38. The van der Waals surface area contributed by atoms with Crippen LogP contribution in [0.4, 0.5) is 0 Å². The fraction of sp³-hybridized carbons (Fsp3) is 0.500. The molecule has 1 saturated heterocycles. The molecule has 178 valence electrons. The van der Waals surface area contributed by atoms with Gasteiger partial charge < -0.3 is 4.74 Å². The molecule has 2 aliphatic carbocycles. The van der Waals surface area contributed by atoms with Crippen LogP contribution in [0.1, 0.15) is 73.7 Å². The van der Waals surface area contributed by atoms with E-state index in [0.29, 0.717) is 12.6 Å². The van der Waals surface area contributed by atoms with Gasteiger partial charge in [0.05, 0.1) is 17.6 Å². The number of benzene rings is 2. The molecule has 6 heteroatoms. The number of carbonyl (C=O) groups excluding carboxylic acids is 1. The molecule has 2 atom stereocenters. The highest BCUT2D eigenvalue weighted by molar-refractivity contribution is 5.79. The third kappa shape index (κ3) is 3.50. The van der Waals surface area contributed by atoms with E-state index in [2.05, 4.69) is 23.1 Å². The molecule has 2 heterocycles. The lowest BCUT2D eigenvalue weighted by atomic mass is 9.84. The summed E-state index contributed by atoms with van der Waals surface area (Å²) in [5, 5.41) is 0. The van der Waals surface area contributed by atoms with Crippen molar-refractivity contribution in [2.45, 2.75) is 70.0 Å². The molecule has 0 spiro atoms. The Labute approximate surface area is 200 Å². The number of hydrogen-bond acceptors (Lipinski definition) is 4. The van der Waals surface area contributed by atoms with E-state index in [0.717, 1.165) is 42.9 Å². The van der Waals surface area contributed by atoms with Crippen LogP contribution in [0.2, 0.25) is 0 Å². The Morgan fingerprint density at radius 2 is 1.82 bits per heavy atom. The second-order valence-electron chi connectivity index (χ2n) is 10.1. The van der Waals surface area contributed by atoms with Gasteiger partial charge in [0.2, 0.25) is 0 Å². The monoisotopic (exact) mass is 459 g/mol. The third-order valence-electron chi connectivity index (χ3n) is 8.27. The maximum atomic E-state index is 13.5. The number of esters is 1. The summed E-state index contributed by atoms with van der Waals surface area (Å²) in [5.74, 6) is 0.361. The number of hydrogen-bond donors (Lipinski definition) is 0. The Bertz CT molecular complexity index is 1280. The summed E-state index contributed by atoms with van der Waals surface area (Å²) >= 11 is 0. The van der Waals surface area contributed by atoms with Crippen LogP contribution in [0.3, 0.4) is 0 Å². The van der Waals surface area contributed by atoms with Gasteiger partial charge in [0, 0.05) is 25.2 Å². The van der Waals surface area contributed by atoms with Gasteiger partial charge in [-0.3, -0.25) is 18.8 Å². The van der Waals surface area contributed by atoms with E-state index in [9.17, 15) is 9.59 Å². The fourth-order valence-corrected chi connectivity index (χ4v) is 6.83. The number of aromatic nitrogens is 2. The zero-order valence-corrected chi connectivity index (χ0v) is 19.9. The van der Waals surface area contributed by atoms with E-state index in [4.69, 9.17) is 4.74 Å². The first-order valence-electron chi connectivity index (χ1n) is 12.9. The molecule has 0 saturated carbocycles. The molecule has 0 bridgehead atoms. The number of ether oxygens (including phenoxy) is 1. The number of fused-ring (bicyclic) bond motifs is 1. The summed E-state index contributed by atoms with van der Waals surface area (Å²) in [4.78, 5) is 28.3. The molecule has 3 aromatic rings. The fourth-order valence-electron chi connectivity index (χ4n) is 6.83. The van der Waals surface area contributed by atoms with Crippen molar-refractivity contribution in [3.63, 3.8) is 0 Å². The minimum atomic E-state index is -0.367. The molecule has 0 N–H and O–H groups in total. The third-order valence-corrected chi connectivity index (χ3v) is 8.27. The number of likely N-dealkylation sites (tertiary alicyclic amines) is 1. The largest absolute Gasteiger partial charge is 0.465 e. The van der Waals surface area contributed by atoms with Gasteiger partial charge in [0.25, 0.3) is 0 Å². The van der Waals surface area contributed by atoms with Gasteiger partial charge in [0.1, 0.15) is 6.54 Å². The lowest BCUT2D eigenvalue weighted by Gasteiger charge is -2.37. The molecule has 0 radical (unpaired) electrons. The van der Waals surface area contributed by atoms with Crippen molar-refractivity contribution in [1.82, 2.24) is 14.0 Å². The molecule has 1 aromatic heterocycles.